The molecule has 0 aliphatic heterocycles. The molecule has 0 spiro atoms. The van der Waals surface area contributed by atoms with Gasteiger partial charge in [-0.05, 0) is 31.6 Å². The van der Waals surface area contributed by atoms with Crippen molar-refractivity contribution in [2.24, 2.45) is 12.5 Å². The lowest BCUT2D eigenvalue weighted by Crippen LogP contribution is -2.25. The van der Waals surface area contributed by atoms with Crippen molar-refractivity contribution in [2.45, 2.75) is 32.7 Å². The summed E-state index contributed by atoms with van der Waals surface area (Å²) < 4.78 is 12.4. The van der Waals surface area contributed by atoms with Crippen LogP contribution >= 0.6 is 0 Å². The number of aromatic nitrogens is 2. The van der Waals surface area contributed by atoms with Gasteiger partial charge in [-0.15, -0.1) is 0 Å². The van der Waals surface area contributed by atoms with E-state index >= 15 is 0 Å². The Morgan fingerprint density at radius 2 is 2.11 bits per heavy atom. The Bertz CT molecular complexity index is 425. The van der Waals surface area contributed by atoms with Crippen molar-refractivity contribution in [1.82, 2.24) is 15.1 Å². The van der Waals surface area contributed by atoms with Crippen molar-refractivity contribution < 1.29 is 9.47 Å². The predicted molar refractivity (Wildman–Crippen MR) is 74.4 cm³/mol. The van der Waals surface area contributed by atoms with E-state index in [0.29, 0.717) is 5.41 Å². The van der Waals surface area contributed by atoms with Crippen molar-refractivity contribution >= 4 is 0 Å². The van der Waals surface area contributed by atoms with Crippen molar-refractivity contribution in [3.63, 3.8) is 0 Å². The zero-order valence-corrected chi connectivity index (χ0v) is 12.5. The molecular weight excluding hydrogens is 242 g/mol. The lowest BCUT2D eigenvalue weighted by molar-refractivity contribution is 0.171. The van der Waals surface area contributed by atoms with Crippen LogP contribution in [-0.2, 0) is 18.3 Å². The van der Waals surface area contributed by atoms with Gasteiger partial charge in [0.25, 0.3) is 0 Å². The molecule has 2 rings (SSSR count). The SMILES string of the molecule is COCCC1(CNCc2c(C)nn(C)c2OC)CC1. The summed E-state index contributed by atoms with van der Waals surface area (Å²) in [5.41, 5.74) is 2.67. The summed E-state index contributed by atoms with van der Waals surface area (Å²) in [6.45, 7) is 4.75. The van der Waals surface area contributed by atoms with Crippen LogP contribution in [0.2, 0.25) is 0 Å². The fraction of sp³-hybridized carbons (Fsp3) is 0.786. The number of methoxy groups -OCH3 is 2. The summed E-state index contributed by atoms with van der Waals surface area (Å²) in [5.74, 6) is 0.853. The van der Waals surface area contributed by atoms with Gasteiger partial charge >= 0.3 is 0 Å². The highest BCUT2D eigenvalue weighted by molar-refractivity contribution is 5.30. The van der Waals surface area contributed by atoms with Crippen LogP contribution in [-0.4, -0.2) is 37.2 Å². The molecule has 1 aliphatic rings. The van der Waals surface area contributed by atoms with E-state index in [0.717, 1.165) is 43.3 Å². The molecule has 1 fully saturated rings. The van der Waals surface area contributed by atoms with Gasteiger partial charge in [-0.2, -0.15) is 5.10 Å². The van der Waals surface area contributed by atoms with E-state index < -0.39 is 0 Å². The highest BCUT2D eigenvalue weighted by atomic mass is 16.5. The molecule has 0 radical (unpaired) electrons. The molecule has 1 aromatic rings. The van der Waals surface area contributed by atoms with Crippen molar-refractivity contribution in [1.29, 1.82) is 0 Å². The van der Waals surface area contributed by atoms with Crippen LogP contribution in [0, 0.1) is 12.3 Å². The zero-order chi connectivity index (χ0) is 13.9. The Hall–Kier alpha value is -1.07. The van der Waals surface area contributed by atoms with Gasteiger partial charge in [0.05, 0.1) is 18.4 Å². The smallest absolute Gasteiger partial charge is 0.216 e. The fourth-order valence-electron chi connectivity index (χ4n) is 2.60. The average molecular weight is 267 g/mol. The van der Waals surface area contributed by atoms with Crippen LogP contribution in [0.5, 0.6) is 5.88 Å². The number of rotatable bonds is 8. The van der Waals surface area contributed by atoms with E-state index in [1.807, 2.05) is 14.0 Å². The van der Waals surface area contributed by atoms with Gasteiger partial charge in [-0.25, -0.2) is 4.68 Å². The first-order valence-corrected chi connectivity index (χ1v) is 6.88. The minimum atomic E-state index is 0.472. The summed E-state index contributed by atoms with van der Waals surface area (Å²) in [5, 5.41) is 7.95. The first-order chi connectivity index (χ1) is 9.12. The number of nitrogens with zero attached hydrogens (tertiary/aromatic N) is 2. The topological polar surface area (TPSA) is 48.3 Å². The maximum atomic E-state index is 5.40. The highest BCUT2D eigenvalue weighted by Crippen LogP contribution is 2.48. The van der Waals surface area contributed by atoms with Gasteiger partial charge < -0.3 is 14.8 Å². The van der Waals surface area contributed by atoms with Crippen LogP contribution in [0.3, 0.4) is 0 Å². The van der Waals surface area contributed by atoms with Gasteiger partial charge in [-0.3, -0.25) is 0 Å². The molecule has 0 saturated heterocycles. The summed E-state index contributed by atoms with van der Waals surface area (Å²) in [7, 11) is 5.38. The molecule has 0 atom stereocenters. The third-order valence-electron chi connectivity index (χ3n) is 4.08. The molecule has 108 valence electrons. The number of ether oxygens (including phenoxy) is 2. The molecule has 0 amide bonds. The second-order valence-corrected chi connectivity index (χ2v) is 5.54. The van der Waals surface area contributed by atoms with Crippen LogP contribution in [0.4, 0.5) is 0 Å². The quantitative estimate of drug-likeness (QED) is 0.778. The molecule has 0 bridgehead atoms. The van der Waals surface area contributed by atoms with Crippen LogP contribution < -0.4 is 10.1 Å². The minimum Gasteiger partial charge on any atom is -0.481 e. The summed E-state index contributed by atoms with van der Waals surface area (Å²) in [6.07, 6.45) is 3.78. The van der Waals surface area contributed by atoms with Gasteiger partial charge in [0.2, 0.25) is 5.88 Å². The monoisotopic (exact) mass is 267 g/mol. The number of hydrogen-bond acceptors (Lipinski definition) is 4. The minimum absolute atomic E-state index is 0.472. The summed E-state index contributed by atoms with van der Waals surface area (Å²) >= 11 is 0. The molecule has 5 nitrogen and oxygen atoms in total. The van der Waals surface area contributed by atoms with E-state index in [1.54, 1.807) is 18.9 Å². The van der Waals surface area contributed by atoms with Gasteiger partial charge in [0.1, 0.15) is 0 Å². The molecule has 1 aromatic heterocycles. The Balaban J connectivity index is 1.86. The van der Waals surface area contributed by atoms with Gasteiger partial charge in [0.15, 0.2) is 0 Å². The molecule has 1 N–H and O–H groups in total. The Kier molecular flexibility index (Phi) is 4.47. The molecular formula is C14H25N3O2. The van der Waals surface area contributed by atoms with Crippen molar-refractivity contribution in [2.75, 3.05) is 27.4 Å². The Labute approximate surface area is 115 Å². The highest BCUT2D eigenvalue weighted by Gasteiger charge is 2.41. The molecule has 19 heavy (non-hydrogen) atoms. The second kappa shape index (κ2) is 5.92. The first kappa shape index (κ1) is 14.3. The van der Waals surface area contributed by atoms with E-state index in [9.17, 15) is 0 Å². The standard InChI is InChI=1S/C14H25N3O2/c1-11-12(13(19-4)17(2)16-11)9-15-10-14(5-6-14)7-8-18-3/h15H,5-10H2,1-4H3. The first-order valence-electron chi connectivity index (χ1n) is 6.88. The van der Waals surface area contributed by atoms with Crippen LogP contribution in [0.1, 0.15) is 30.5 Å². The molecule has 0 unspecified atom stereocenters. The van der Waals surface area contributed by atoms with E-state index in [4.69, 9.17) is 9.47 Å². The Morgan fingerprint density at radius 1 is 1.37 bits per heavy atom. The van der Waals surface area contributed by atoms with Gasteiger partial charge in [0, 0.05) is 33.9 Å². The number of hydrogen-bond donors (Lipinski definition) is 1. The lowest BCUT2D eigenvalue weighted by Gasteiger charge is -2.15. The molecule has 1 heterocycles. The van der Waals surface area contributed by atoms with Crippen LogP contribution in [0.25, 0.3) is 0 Å². The lowest BCUT2D eigenvalue weighted by atomic mass is 10.0. The molecule has 0 aromatic carbocycles. The van der Waals surface area contributed by atoms with Crippen molar-refractivity contribution in [3.8, 4) is 5.88 Å². The normalized spacial score (nSPS) is 16.6. The summed E-state index contributed by atoms with van der Waals surface area (Å²) in [4.78, 5) is 0. The fourth-order valence-corrected chi connectivity index (χ4v) is 2.60. The summed E-state index contributed by atoms with van der Waals surface area (Å²) in [6, 6.07) is 0. The molecule has 5 heteroatoms. The second-order valence-electron chi connectivity index (χ2n) is 5.54. The third-order valence-corrected chi connectivity index (χ3v) is 4.08. The third kappa shape index (κ3) is 3.28. The van der Waals surface area contributed by atoms with Crippen LogP contribution in [0.15, 0.2) is 0 Å². The van der Waals surface area contributed by atoms with Gasteiger partial charge in [-0.1, -0.05) is 0 Å². The maximum Gasteiger partial charge on any atom is 0.216 e. The molecule has 1 aliphatic carbocycles. The largest absolute Gasteiger partial charge is 0.481 e. The van der Waals surface area contributed by atoms with E-state index in [2.05, 4.69) is 10.4 Å². The maximum absolute atomic E-state index is 5.40. The van der Waals surface area contributed by atoms with Crippen molar-refractivity contribution in [3.05, 3.63) is 11.3 Å². The predicted octanol–water partition coefficient (Wildman–Crippen LogP) is 1.64. The molecule has 1 saturated carbocycles. The Morgan fingerprint density at radius 3 is 2.68 bits per heavy atom. The average Bonchev–Trinajstić information content (AvgIpc) is 3.09. The number of nitrogens with one attached hydrogen (secondary N) is 1. The van der Waals surface area contributed by atoms with E-state index in [1.165, 1.54) is 12.8 Å². The van der Waals surface area contributed by atoms with E-state index in [-0.39, 0.29) is 0 Å². The number of aryl methyl sites for hydroxylation is 2. The zero-order valence-electron chi connectivity index (χ0n) is 12.5.